The van der Waals surface area contributed by atoms with Crippen molar-refractivity contribution < 1.29 is 0 Å². The predicted octanol–water partition coefficient (Wildman–Crippen LogP) is 3.01. The molecule has 1 aliphatic heterocycles. The van der Waals surface area contributed by atoms with Gasteiger partial charge < -0.3 is 5.32 Å². The van der Waals surface area contributed by atoms with Crippen molar-refractivity contribution in [2.24, 2.45) is 0 Å². The summed E-state index contributed by atoms with van der Waals surface area (Å²) in [7, 11) is 0. The highest BCUT2D eigenvalue weighted by Gasteiger charge is 2.32. The number of aryl methyl sites for hydroxylation is 2. The molecule has 0 amide bonds. The maximum atomic E-state index is 4.95. The average molecular weight is 267 g/mol. The molecule has 0 bridgehead atoms. The molecule has 3 nitrogen and oxygen atoms in total. The van der Waals surface area contributed by atoms with Crippen LogP contribution in [0.25, 0.3) is 5.69 Å². The first kappa shape index (κ1) is 12.2. The first-order valence-electron chi connectivity index (χ1n) is 7.63. The van der Waals surface area contributed by atoms with Crippen LogP contribution in [0.15, 0.2) is 18.2 Å². The smallest absolute Gasteiger partial charge is 0.116 e. The second-order valence-electron chi connectivity index (χ2n) is 6.19. The lowest BCUT2D eigenvalue weighted by atomic mass is 10.1. The van der Waals surface area contributed by atoms with Crippen LogP contribution in [0.1, 0.15) is 47.1 Å². The van der Waals surface area contributed by atoms with Gasteiger partial charge in [-0.1, -0.05) is 17.7 Å². The third-order valence-corrected chi connectivity index (χ3v) is 4.45. The van der Waals surface area contributed by atoms with Gasteiger partial charge in [0.25, 0.3) is 0 Å². The zero-order valence-electron chi connectivity index (χ0n) is 12.2. The fourth-order valence-corrected chi connectivity index (χ4v) is 3.27. The maximum Gasteiger partial charge on any atom is 0.116 e. The number of nitrogens with one attached hydrogen (secondary N) is 1. The third-order valence-electron chi connectivity index (χ3n) is 4.45. The van der Waals surface area contributed by atoms with Crippen molar-refractivity contribution >= 4 is 0 Å². The molecule has 1 aromatic carbocycles. The SMILES string of the molecule is Cc1ccc(-n2c(C3CC3)nc3c2CCNC3)c(C)c1. The van der Waals surface area contributed by atoms with E-state index in [0.29, 0.717) is 5.92 Å². The minimum Gasteiger partial charge on any atom is -0.311 e. The first-order valence-corrected chi connectivity index (χ1v) is 7.63. The van der Waals surface area contributed by atoms with Crippen LogP contribution in [0.3, 0.4) is 0 Å². The Morgan fingerprint density at radius 2 is 2.10 bits per heavy atom. The molecule has 0 unspecified atom stereocenters. The Morgan fingerprint density at radius 3 is 2.85 bits per heavy atom. The summed E-state index contributed by atoms with van der Waals surface area (Å²) in [6, 6.07) is 6.76. The minimum absolute atomic E-state index is 0.682. The van der Waals surface area contributed by atoms with Gasteiger partial charge in [-0.05, 0) is 38.3 Å². The number of aromatic nitrogens is 2. The van der Waals surface area contributed by atoms with Crippen LogP contribution in [0.4, 0.5) is 0 Å². The van der Waals surface area contributed by atoms with Gasteiger partial charge in [-0.2, -0.15) is 0 Å². The molecular formula is C17H21N3. The van der Waals surface area contributed by atoms with E-state index in [1.807, 2.05) is 0 Å². The molecule has 0 spiro atoms. The Bertz CT molecular complexity index is 665. The van der Waals surface area contributed by atoms with E-state index >= 15 is 0 Å². The molecule has 2 heterocycles. The van der Waals surface area contributed by atoms with Gasteiger partial charge in [-0.3, -0.25) is 4.57 Å². The van der Waals surface area contributed by atoms with Gasteiger partial charge in [0.15, 0.2) is 0 Å². The Balaban J connectivity index is 1.93. The topological polar surface area (TPSA) is 29.9 Å². The lowest BCUT2D eigenvalue weighted by molar-refractivity contribution is 0.619. The van der Waals surface area contributed by atoms with Crippen molar-refractivity contribution in [3.63, 3.8) is 0 Å². The Hall–Kier alpha value is -1.61. The number of imidazole rings is 1. The summed E-state index contributed by atoms with van der Waals surface area (Å²) < 4.78 is 2.46. The zero-order chi connectivity index (χ0) is 13.7. The quantitative estimate of drug-likeness (QED) is 0.906. The molecule has 0 saturated heterocycles. The molecule has 0 radical (unpaired) electrons. The highest BCUT2D eigenvalue weighted by atomic mass is 15.1. The van der Waals surface area contributed by atoms with Gasteiger partial charge in [0.1, 0.15) is 5.82 Å². The van der Waals surface area contributed by atoms with E-state index in [-0.39, 0.29) is 0 Å². The monoisotopic (exact) mass is 267 g/mol. The standard InChI is InChI=1S/C17H21N3/c1-11-3-6-15(12(2)9-11)20-16-7-8-18-10-14(16)19-17(20)13-4-5-13/h3,6,9,13,18H,4-5,7-8,10H2,1-2H3. The molecule has 1 fully saturated rings. The molecule has 1 aliphatic carbocycles. The molecule has 1 saturated carbocycles. The summed E-state index contributed by atoms with van der Waals surface area (Å²) in [5.41, 5.74) is 6.70. The van der Waals surface area contributed by atoms with Crippen LogP contribution in [0.5, 0.6) is 0 Å². The van der Waals surface area contributed by atoms with Crippen molar-refractivity contribution in [1.29, 1.82) is 0 Å². The van der Waals surface area contributed by atoms with Crippen LogP contribution >= 0.6 is 0 Å². The van der Waals surface area contributed by atoms with E-state index in [2.05, 4.69) is 41.9 Å². The number of fused-ring (bicyclic) bond motifs is 1. The highest BCUT2D eigenvalue weighted by molar-refractivity contribution is 5.47. The Kier molecular flexibility index (Phi) is 2.71. The van der Waals surface area contributed by atoms with Gasteiger partial charge in [0.05, 0.1) is 5.69 Å². The summed E-state index contributed by atoms with van der Waals surface area (Å²) in [6.07, 6.45) is 3.69. The summed E-state index contributed by atoms with van der Waals surface area (Å²) in [6.45, 7) is 6.36. The van der Waals surface area contributed by atoms with Crippen molar-refractivity contribution in [2.45, 2.75) is 45.6 Å². The molecule has 20 heavy (non-hydrogen) atoms. The van der Waals surface area contributed by atoms with E-state index in [1.54, 1.807) is 0 Å². The largest absolute Gasteiger partial charge is 0.311 e. The molecule has 2 aromatic rings. The molecule has 1 N–H and O–H groups in total. The Morgan fingerprint density at radius 1 is 1.25 bits per heavy atom. The van der Waals surface area contributed by atoms with Gasteiger partial charge in [-0.25, -0.2) is 4.98 Å². The van der Waals surface area contributed by atoms with E-state index in [1.165, 1.54) is 46.9 Å². The van der Waals surface area contributed by atoms with Gasteiger partial charge in [0.2, 0.25) is 0 Å². The fourth-order valence-electron chi connectivity index (χ4n) is 3.27. The van der Waals surface area contributed by atoms with Crippen molar-refractivity contribution in [3.8, 4) is 5.69 Å². The molecule has 2 aliphatic rings. The zero-order valence-corrected chi connectivity index (χ0v) is 12.2. The van der Waals surface area contributed by atoms with Gasteiger partial charge >= 0.3 is 0 Å². The summed E-state index contributed by atoms with van der Waals surface area (Å²) in [5, 5.41) is 3.44. The normalized spacial score (nSPS) is 18.1. The van der Waals surface area contributed by atoms with Crippen LogP contribution in [0.2, 0.25) is 0 Å². The highest BCUT2D eigenvalue weighted by Crippen LogP contribution is 2.42. The fraction of sp³-hybridized carbons (Fsp3) is 0.471. The van der Waals surface area contributed by atoms with Gasteiger partial charge in [0, 0.05) is 36.8 Å². The Labute approximate surface area is 120 Å². The van der Waals surface area contributed by atoms with Crippen molar-refractivity contribution in [1.82, 2.24) is 14.9 Å². The van der Waals surface area contributed by atoms with E-state index in [9.17, 15) is 0 Å². The van der Waals surface area contributed by atoms with Crippen molar-refractivity contribution in [2.75, 3.05) is 6.54 Å². The summed E-state index contributed by atoms with van der Waals surface area (Å²) in [4.78, 5) is 4.95. The van der Waals surface area contributed by atoms with E-state index in [0.717, 1.165) is 19.5 Å². The summed E-state index contributed by atoms with van der Waals surface area (Å²) >= 11 is 0. The first-order chi connectivity index (χ1) is 9.74. The molecule has 104 valence electrons. The average Bonchev–Trinajstić information content (AvgIpc) is 3.21. The molecule has 3 heteroatoms. The van der Waals surface area contributed by atoms with Crippen molar-refractivity contribution in [3.05, 3.63) is 46.5 Å². The second kappa shape index (κ2) is 4.45. The van der Waals surface area contributed by atoms with Crippen LogP contribution in [-0.2, 0) is 13.0 Å². The number of benzene rings is 1. The molecule has 0 atom stereocenters. The van der Waals surface area contributed by atoms with E-state index < -0.39 is 0 Å². The molecular weight excluding hydrogens is 246 g/mol. The second-order valence-corrected chi connectivity index (χ2v) is 6.19. The third kappa shape index (κ3) is 1.88. The minimum atomic E-state index is 0.682. The maximum absolute atomic E-state index is 4.95. The number of hydrogen-bond acceptors (Lipinski definition) is 2. The number of rotatable bonds is 2. The molecule has 4 rings (SSSR count). The van der Waals surface area contributed by atoms with Crippen LogP contribution in [-0.4, -0.2) is 16.1 Å². The number of hydrogen-bond donors (Lipinski definition) is 1. The van der Waals surface area contributed by atoms with Crippen LogP contribution < -0.4 is 5.32 Å². The number of nitrogens with zero attached hydrogens (tertiary/aromatic N) is 2. The predicted molar refractivity (Wildman–Crippen MR) is 80.4 cm³/mol. The van der Waals surface area contributed by atoms with E-state index in [4.69, 9.17) is 4.98 Å². The van der Waals surface area contributed by atoms with Gasteiger partial charge in [-0.15, -0.1) is 0 Å². The van der Waals surface area contributed by atoms with Crippen LogP contribution in [0, 0.1) is 13.8 Å². The lowest BCUT2D eigenvalue weighted by Crippen LogP contribution is -2.24. The molecule has 1 aromatic heterocycles. The lowest BCUT2D eigenvalue weighted by Gasteiger charge is -2.18. The summed E-state index contributed by atoms with van der Waals surface area (Å²) in [5.74, 6) is 1.98.